The molecule has 0 atom stereocenters. The summed E-state index contributed by atoms with van der Waals surface area (Å²) < 4.78 is 4.79. The van der Waals surface area contributed by atoms with Crippen LogP contribution in [0.15, 0.2) is 35.2 Å². The molecule has 7 heteroatoms. The van der Waals surface area contributed by atoms with Crippen LogP contribution in [0.2, 0.25) is 0 Å². The van der Waals surface area contributed by atoms with E-state index in [9.17, 15) is 14.4 Å². The lowest BCUT2D eigenvalue weighted by Gasteiger charge is -2.05. The standard InChI is InChI=1S/C16H20N2O4S/c1-3-17-14(19)10-18-15(20)11-22-16(21)9-6-12-4-7-13(23-2)8-5-12/h4-9H,3,10-11H2,1-2H3,(H,17,19)(H,18,20)/b9-6+. The molecule has 124 valence electrons. The molecule has 2 N–H and O–H groups in total. The van der Waals surface area contributed by atoms with Crippen LogP contribution in [0.4, 0.5) is 0 Å². The van der Waals surface area contributed by atoms with Crippen molar-refractivity contribution >= 4 is 35.6 Å². The maximum absolute atomic E-state index is 11.5. The minimum Gasteiger partial charge on any atom is -0.452 e. The van der Waals surface area contributed by atoms with Crippen LogP contribution in [-0.4, -0.2) is 43.7 Å². The first-order valence-corrected chi connectivity index (χ1v) is 8.30. The van der Waals surface area contributed by atoms with Gasteiger partial charge in [-0.3, -0.25) is 9.59 Å². The molecular weight excluding hydrogens is 316 g/mol. The molecule has 6 nitrogen and oxygen atoms in total. The topological polar surface area (TPSA) is 84.5 Å². The highest BCUT2D eigenvalue weighted by Gasteiger charge is 2.06. The molecular formula is C16H20N2O4S. The highest BCUT2D eigenvalue weighted by Crippen LogP contribution is 2.15. The first kappa shape index (κ1) is 18.8. The molecule has 1 aromatic rings. The van der Waals surface area contributed by atoms with Gasteiger partial charge in [-0.1, -0.05) is 12.1 Å². The van der Waals surface area contributed by atoms with Gasteiger partial charge >= 0.3 is 5.97 Å². The Morgan fingerprint density at radius 1 is 1.13 bits per heavy atom. The molecule has 0 radical (unpaired) electrons. The zero-order valence-corrected chi connectivity index (χ0v) is 13.9. The smallest absolute Gasteiger partial charge is 0.331 e. The fraction of sp³-hybridized carbons (Fsp3) is 0.312. The normalized spacial score (nSPS) is 10.3. The summed E-state index contributed by atoms with van der Waals surface area (Å²) in [5, 5.41) is 4.89. The van der Waals surface area contributed by atoms with Crippen LogP contribution in [0.3, 0.4) is 0 Å². The average molecular weight is 336 g/mol. The van der Waals surface area contributed by atoms with Crippen LogP contribution >= 0.6 is 11.8 Å². The van der Waals surface area contributed by atoms with E-state index in [0.717, 1.165) is 10.5 Å². The van der Waals surface area contributed by atoms with Crippen molar-refractivity contribution in [2.24, 2.45) is 0 Å². The molecule has 0 bridgehead atoms. The molecule has 0 aliphatic rings. The Bertz CT molecular complexity index is 570. The number of carbonyl (C=O) groups is 3. The summed E-state index contributed by atoms with van der Waals surface area (Å²) in [6.45, 7) is 1.71. The zero-order chi connectivity index (χ0) is 17.1. The number of rotatable bonds is 8. The van der Waals surface area contributed by atoms with Crippen LogP contribution < -0.4 is 10.6 Å². The lowest BCUT2D eigenvalue weighted by atomic mass is 10.2. The van der Waals surface area contributed by atoms with Crippen molar-refractivity contribution in [3.8, 4) is 0 Å². The van der Waals surface area contributed by atoms with E-state index in [1.165, 1.54) is 6.08 Å². The molecule has 0 unspecified atom stereocenters. The second kappa shape index (κ2) is 10.4. The Morgan fingerprint density at radius 2 is 1.83 bits per heavy atom. The van der Waals surface area contributed by atoms with Crippen LogP contribution in [0.5, 0.6) is 0 Å². The second-order valence-electron chi connectivity index (χ2n) is 4.44. The summed E-state index contributed by atoms with van der Waals surface area (Å²) in [7, 11) is 0. The van der Waals surface area contributed by atoms with Crippen molar-refractivity contribution < 1.29 is 19.1 Å². The van der Waals surface area contributed by atoms with E-state index in [4.69, 9.17) is 4.74 Å². The predicted octanol–water partition coefficient (Wildman–Crippen LogP) is 1.22. The minimum atomic E-state index is -0.618. The summed E-state index contributed by atoms with van der Waals surface area (Å²) >= 11 is 1.63. The zero-order valence-electron chi connectivity index (χ0n) is 13.1. The summed E-state index contributed by atoms with van der Waals surface area (Å²) in [5.41, 5.74) is 0.862. The highest BCUT2D eigenvalue weighted by molar-refractivity contribution is 7.98. The van der Waals surface area contributed by atoms with Gasteiger partial charge in [0, 0.05) is 17.5 Å². The third-order valence-corrected chi connectivity index (χ3v) is 3.44. The van der Waals surface area contributed by atoms with Crippen molar-refractivity contribution in [3.05, 3.63) is 35.9 Å². The molecule has 2 amide bonds. The number of benzene rings is 1. The quantitative estimate of drug-likeness (QED) is 0.424. The van der Waals surface area contributed by atoms with Crippen LogP contribution in [0, 0.1) is 0 Å². The molecule has 0 saturated carbocycles. The maximum Gasteiger partial charge on any atom is 0.331 e. The van der Waals surface area contributed by atoms with E-state index in [0.29, 0.717) is 6.54 Å². The molecule has 0 heterocycles. The largest absolute Gasteiger partial charge is 0.452 e. The Morgan fingerprint density at radius 3 is 2.43 bits per heavy atom. The number of amides is 2. The predicted molar refractivity (Wildman–Crippen MR) is 89.9 cm³/mol. The number of likely N-dealkylation sites (N-methyl/N-ethyl adjacent to an activating group) is 1. The highest BCUT2D eigenvalue weighted by atomic mass is 32.2. The van der Waals surface area contributed by atoms with Crippen molar-refractivity contribution in [1.82, 2.24) is 10.6 Å². The number of ether oxygens (including phenoxy) is 1. The van der Waals surface area contributed by atoms with E-state index >= 15 is 0 Å². The lowest BCUT2D eigenvalue weighted by molar-refractivity contribution is -0.143. The first-order valence-electron chi connectivity index (χ1n) is 7.07. The van der Waals surface area contributed by atoms with Crippen molar-refractivity contribution in [3.63, 3.8) is 0 Å². The van der Waals surface area contributed by atoms with E-state index in [-0.39, 0.29) is 12.5 Å². The summed E-state index contributed by atoms with van der Waals surface area (Å²) in [5.74, 6) is -1.44. The summed E-state index contributed by atoms with van der Waals surface area (Å²) in [6, 6.07) is 7.66. The fourth-order valence-corrected chi connectivity index (χ4v) is 1.96. The van der Waals surface area contributed by atoms with E-state index in [1.807, 2.05) is 30.5 Å². The number of carbonyl (C=O) groups excluding carboxylic acids is 3. The maximum atomic E-state index is 11.5. The number of hydrogen-bond donors (Lipinski definition) is 2. The van der Waals surface area contributed by atoms with Crippen LogP contribution in [-0.2, 0) is 19.1 Å². The minimum absolute atomic E-state index is 0.137. The summed E-state index contributed by atoms with van der Waals surface area (Å²) in [4.78, 5) is 35.2. The fourth-order valence-electron chi connectivity index (χ4n) is 1.55. The van der Waals surface area contributed by atoms with Gasteiger partial charge < -0.3 is 15.4 Å². The number of thioether (sulfide) groups is 1. The Kier molecular flexibility index (Phi) is 8.52. The van der Waals surface area contributed by atoms with Gasteiger partial charge in [-0.15, -0.1) is 11.8 Å². The van der Waals surface area contributed by atoms with Gasteiger partial charge in [0.25, 0.3) is 5.91 Å². The molecule has 0 saturated heterocycles. The van der Waals surface area contributed by atoms with Gasteiger partial charge in [0.15, 0.2) is 6.61 Å². The monoisotopic (exact) mass is 336 g/mol. The molecule has 0 aromatic heterocycles. The van der Waals surface area contributed by atoms with Gasteiger partial charge in [-0.25, -0.2) is 4.79 Å². The van der Waals surface area contributed by atoms with Gasteiger partial charge in [0.2, 0.25) is 5.91 Å². The first-order chi connectivity index (χ1) is 11.0. The number of hydrogen-bond acceptors (Lipinski definition) is 5. The lowest BCUT2D eigenvalue weighted by Crippen LogP contribution is -2.38. The molecule has 0 aliphatic carbocycles. The van der Waals surface area contributed by atoms with Gasteiger partial charge in [0.1, 0.15) is 0 Å². The van der Waals surface area contributed by atoms with Gasteiger partial charge in [-0.05, 0) is 37.0 Å². The average Bonchev–Trinajstić information content (AvgIpc) is 2.57. The van der Waals surface area contributed by atoms with E-state index in [2.05, 4.69) is 10.6 Å². The second-order valence-corrected chi connectivity index (χ2v) is 5.32. The van der Waals surface area contributed by atoms with E-state index < -0.39 is 18.5 Å². The Balaban J connectivity index is 2.31. The molecule has 0 spiro atoms. The van der Waals surface area contributed by atoms with Crippen LogP contribution in [0.1, 0.15) is 12.5 Å². The van der Waals surface area contributed by atoms with Crippen molar-refractivity contribution in [1.29, 1.82) is 0 Å². The molecule has 23 heavy (non-hydrogen) atoms. The summed E-state index contributed by atoms with van der Waals surface area (Å²) in [6.07, 6.45) is 4.85. The molecule has 0 aliphatic heterocycles. The van der Waals surface area contributed by atoms with E-state index in [1.54, 1.807) is 24.8 Å². The van der Waals surface area contributed by atoms with Gasteiger partial charge in [-0.2, -0.15) is 0 Å². The molecule has 0 fully saturated rings. The van der Waals surface area contributed by atoms with Gasteiger partial charge in [0.05, 0.1) is 6.54 Å². The molecule has 1 aromatic carbocycles. The SMILES string of the molecule is CCNC(=O)CNC(=O)COC(=O)/C=C/c1ccc(SC)cc1. The van der Waals surface area contributed by atoms with Crippen molar-refractivity contribution in [2.75, 3.05) is 26.0 Å². The third-order valence-electron chi connectivity index (χ3n) is 2.69. The van der Waals surface area contributed by atoms with Crippen molar-refractivity contribution in [2.45, 2.75) is 11.8 Å². The third kappa shape index (κ3) is 8.06. The number of nitrogens with one attached hydrogen (secondary N) is 2. The van der Waals surface area contributed by atoms with Crippen LogP contribution in [0.25, 0.3) is 6.08 Å². The number of esters is 1. The molecule has 1 rings (SSSR count). The Hall–Kier alpha value is -2.28. The Labute approximate surface area is 139 Å².